The molecule has 0 radical (unpaired) electrons. The van der Waals surface area contributed by atoms with Crippen LogP contribution < -0.4 is 5.32 Å². The van der Waals surface area contributed by atoms with Gasteiger partial charge in [-0.2, -0.15) is 0 Å². The van der Waals surface area contributed by atoms with E-state index in [9.17, 15) is 19.2 Å². The molecule has 0 saturated heterocycles. The van der Waals surface area contributed by atoms with Gasteiger partial charge in [-0.25, -0.2) is 0 Å². The number of hydrogen-bond acceptors (Lipinski definition) is 5. The van der Waals surface area contributed by atoms with E-state index < -0.39 is 17.8 Å². The lowest BCUT2D eigenvalue weighted by Gasteiger charge is -2.13. The van der Waals surface area contributed by atoms with Crippen molar-refractivity contribution < 1.29 is 23.9 Å². The van der Waals surface area contributed by atoms with Crippen LogP contribution in [-0.2, 0) is 23.9 Å². The zero-order valence-electron chi connectivity index (χ0n) is 9.97. The van der Waals surface area contributed by atoms with E-state index >= 15 is 0 Å². The van der Waals surface area contributed by atoms with Crippen LogP contribution in [0.2, 0.25) is 0 Å². The summed E-state index contributed by atoms with van der Waals surface area (Å²) in [5, 5.41) is 2.49. The lowest BCUT2D eigenvalue weighted by molar-refractivity contribution is -0.140. The zero-order chi connectivity index (χ0) is 13.5. The normalized spacial score (nSPS) is 13.9. The maximum absolute atomic E-state index is 11.4. The van der Waals surface area contributed by atoms with E-state index in [0.717, 1.165) is 17.1 Å². The number of carbonyl (C=O) groups is 4. The minimum Gasteiger partial charge on any atom is -0.469 e. The fourth-order valence-corrected chi connectivity index (χ4v) is 1.36. The van der Waals surface area contributed by atoms with Gasteiger partial charge in [0.25, 0.3) is 11.8 Å². The topological polar surface area (TPSA) is 92.8 Å². The predicted molar refractivity (Wildman–Crippen MR) is 60.1 cm³/mol. The van der Waals surface area contributed by atoms with Gasteiger partial charge in [-0.3, -0.25) is 24.1 Å². The third-order valence-electron chi connectivity index (χ3n) is 2.34. The van der Waals surface area contributed by atoms with Crippen LogP contribution in [0.25, 0.3) is 0 Å². The van der Waals surface area contributed by atoms with Gasteiger partial charge in [-0.05, 0) is 0 Å². The van der Waals surface area contributed by atoms with Gasteiger partial charge < -0.3 is 10.1 Å². The first-order valence-corrected chi connectivity index (χ1v) is 5.41. The SMILES string of the molecule is COC(=O)CCNC(=O)CCN1C(=O)C=CC1=O. The Balaban J connectivity index is 2.19. The Hall–Kier alpha value is -2.18. The molecule has 0 unspecified atom stereocenters. The summed E-state index contributed by atoms with van der Waals surface area (Å²) in [6.07, 6.45) is 2.43. The van der Waals surface area contributed by atoms with Crippen LogP contribution in [-0.4, -0.2) is 48.8 Å². The highest BCUT2D eigenvalue weighted by molar-refractivity contribution is 6.13. The molecule has 1 aliphatic heterocycles. The number of carbonyl (C=O) groups excluding carboxylic acids is 4. The van der Waals surface area contributed by atoms with Gasteiger partial charge in [0.05, 0.1) is 13.5 Å². The number of rotatable bonds is 6. The summed E-state index contributed by atoms with van der Waals surface area (Å²) in [6, 6.07) is 0. The predicted octanol–water partition coefficient (Wildman–Crippen LogP) is -1.02. The second kappa shape index (κ2) is 6.53. The van der Waals surface area contributed by atoms with Gasteiger partial charge in [0.1, 0.15) is 0 Å². The Morgan fingerprint density at radius 1 is 1.22 bits per heavy atom. The van der Waals surface area contributed by atoms with E-state index in [2.05, 4.69) is 10.1 Å². The monoisotopic (exact) mass is 254 g/mol. The van der Waals surface area contributed by atoms with Crippen LogP contribution in [0.1, 0.15) is 12.8 Å². The molecule has 0 atom stereocenters. The Labute approximate surface area is 104 Å². The first-order chi connectivity index (χ1) is 8.54. The van der Waals surface area contributed by atoms with Crippen molar-refractivity contribution in [1.82, 2.24) is 10.2 Å². The number of ether oxygens (including phenoxy) is 1. The van der Waals surface area contributed by atoms with Crippen LogP contribution in [0.5, 0.6) is 0 Å². The first kappa shape index (κ1) is 13.9. The zero-order valence-corrected chi connectivity index (χ0v) is 9.97. The molecule has 0 aliphatic carbocycles. The molecule has 0 saturated carbocycles. The van der Waals surface area contributed by atoms with Gasteiger partial charge >= 0.3 is 5.97 Å². The van der Waals surface area contributed by atoms with Crippen LogP contribution in [0.3, 0.4) is 0 Å². The summed E-state index contributed by atoms with van der Waals surface area (Å²) in [5.41, 5.74) is 0. The highest BCUT2D eigenvalue weighted by atomic mass is 16.5. The van der Waals surface area contributed by atoms with Gasteiger partial charge in [-0.1, -0.05) is 0 Å². The number of esters is 1. The maximum atomic E-state index is 11.4. The Morgan fingerprint density at radius 2 is 1.83 bits per heavy atom. The van der Waals surface area contributed by atoms with Gasteiger partial charge in [0, 0.05) is 31.7 Å². The molecule has 0 aromatic rings. The van der Waals surface area contributed by atoms with Crippen molar-refractivity contribution >= 4 is 23.7 Å². The second-order valence-electron chi connectivity index (χ2n) is 3.59. The summed E-state index contributed by atoms with van der Waals surface area (Å²) >= 11 is 0. The average molecular weight is 254 g/mol. The van der Waals surface area contributed by atoms with Crippen molar-refractivity contribution in [3.8, 4) is 0 Å². The average Bonchev–Trinajstić information content (AvgIpc) is 2.66. The second-order valence-corrected chi connectivity index (χ2v) is 3.59. The number of imide groups is 1. The highest BCUT2D eigenvalue weighted by Crippen LogP contribution is 2.03. The molecule has 1 rings (SSSR count). The van der Waals surface area contributed by atoms with Gasteiger partial charge in [0.2, 0.25) is 5.91 Å². The molecule has 3 amide bonds. The quantitative estimate of drug-likeness (QED) is 0.484. The molecule has 1 aliphatic rings. The van der Waals surface area contributed by atoms with Crippen LogP contribution in [0.4, 0.5) is 0 Å². The van der Waals surface area contributed by atoms with E-state index in [1.807, 2.05) is 0 Å². The van der Waals surface area contributed by atoms with E-state index in [1.165, 1.54) is 7.11 Å². The van der Waals surface area contributed by atoms with Gasteiger partial charge in [-0.15, -0.1) is 0 Å². The minimum atomic E-state index is -0.414. The molecule has 0 bridgehead atoms. The third-order valence-corrected chi connectivity index (χ3v) is 2.34. The Kier molecular flexibility index (Phi) is 5.04. The summed E-state index contributed by atoms with van der Waals surface area (Å²) in [7, 11) is 1.27. The number of nitrogens with one attached hydrogen (secondary N) is 1. The molecule has 1 N–H and O–H groups in total. The summed E-state index contributed by atoms with van der Waals surface area (Å²) in [6.45, 7) is 0.209. The smallest absolute Gasteiger partial charge is 0.307 e. The molecule has 0 fully saturated rings. The maximum Gasteiger partial charge on any atom is 0.307 e. The lowest BCUT2D eigenvalue weighted by Crippen LogP contribution is -2.35. The van der Waals surface area contributed by atoms with E-state index in [1.54, 1.807) is 0 Å². The van der Waals surface area contributed by atoms with Crippen molar-refractivity contribution in [1.29, 1.82) is 0 Å². The largest absolute Gasteiger partial charge is 0.469 e. The number of amides is 3. The first-order valence-electron chi connectivity index (χ1n) is 5.41. The van der Waals surface area contributed by atoms with Crippen molar-refractivity contribution in [3.63, 3.8) is 0 Å². The summed E-state index contributed by atoms with van der Waals surface area (Å²) in [4.78, 5) is 45.4. The molecule has 7 heteroatoms. The molecule has 18 heavy (non-hydrogen) atoms. The minimum absolute atomic E-state index is 0.0142. The number of hydrogen-bond donors (Lipinski definition) is 1. The Bertz CT molecular complexity index is 384. The summed E-state index contributed by atoms with van der Waals surface area (Å²) < 4.78 is 4.41. The molecule has 98 valence electrons. The van der Waals surface area contributed by atoms with Crippen molar-refractivity contribution in [2.24, 2.45) is 0 Å². The third kappa shape index (κ3) is 4.00. The molecule has 0 spiro atoms. The molecule has 0 aromatic heterocycles. The molecular formula is C11H14N2O5. The Morgan fingerprint density at radius 3 is 2.39 bits per heavy atom. The fourth-order valence-electron chi connectivity index (χ4n) is 1.36. The standard InChI is InChI=1S/C11H14N2O5/c1-18-11(17)4-6-12-8(14)5-7-13-9(15)2-3-10(13)16/h2-3H,4-7H2,1H3,(H,12,14). The van der Waals surface area contributed by atoms with Crippen molar-refractivity contribution in [2.45, 2.75) is 12.8 Å². The molecule has 1 heterocycles. The van der Waals surface area contributed by atoms with E-state index in [-0.39, 0.29) is 31.8 Å². The lowest BCUT2D eigenvalue weighted by atomic mass is 10.3. The molecule has 0 aromatic carbocycles. The number of nitrogens with zero attached hydrogens (tertiary/aromatic N) is 1. The highest BCUT2D eigenvalue weighted by Gasteiger charge is 2.23. The van der Waals surface area contributed by atoms with Crippen LogP contribution in [0, 0.1) is 0 Å². The van der Waals surface area contributed by atoms with Crippen molar-refractivity contribution in [3.05, 3.63) is 12.2 Å². The van der Waals surface area contributed by atoms with E-state index in [4.69, 9.17) is 0 Å². The van der Waals surface area contributed by atoms with E-state index in [0.29, 0.717) is 0 Å². The summed E-state index contributed by atoms with van der Waals surface area (Å²) in [5.74, 6) is -1.57. The van der Waals surface area contributed by atoms with Gasteiger partial charge in [0.15, 0.2) is 0 Å². The van der Waals surface area contributed by atoms with Crippen LogP contribution >= 0.6 is 0 Å². The van der Waals surface area contributed by atoms with Crippen LogP contribution in [0.15, 0.2) is 12.2 Å². The number of methoxy groups -OCH3 is 1. The molecular weight excluding hydrogens is 240 g/mol. The molecule has 7 nitrogen and oxygen atoms in total. The fraction of sp³-hybridized carbons (Fsp3) is 0.455. The van der Waals surface area contributed by atoms with Crippen molar-refractivity contribution in [2.75, 3.05) is 20.2 Å².